The summed E-state index contributed by atoms with van der Waals surface area (Å²) in [5.41, 5.74) is 2.80. The summed E-state index contributed by atoms with van der Waals surface area (Å²) in [6, 6.07) is 0.671. The van der Waals surface area contributed by atoms with Gasteiger partial charge in [0.05, 0.1) is 12.2 Å². The van der Waals surface area contributed by atoms with Crippen LogP contribution in [-0.4, -0.2) is 9.78 Å². The molecule has 0 bridgehead atoms. The van der Waals surface area contributed by atoms with Crippen LogP contribution in [-0.2, 0) is 0 Å². The quantitative estimate of drug-likeness (QED) is 0.719. The van der Waals surface area contributed by atoms with Gasteiger partial charge in [0.15, 0.2) is 0 Å². The van der Waals surface area contributed by atoms with Gasteiger partial charge in [-0.15, -0.1) is 0 Å². The number of aromatic nitrogens is 2. The standard InChI is InChI=1S/C13H22N2/c1-10(2)13-11(3)9-14-15(13)12-7-5-4-6-8-12/h9-10,12H,4-8H2,1-3H3. The highest BCUT2D eigenvalue weighted by molar-refractivity contribution is 5.19. The third kappa shape index (κ3) is 2.09. The number of hydrogen-bond donors (Lipinski definition) is 0. The summed E-state index contributed by atoms with van der Waals surface area (Å²) in [4.78, 5) is 0. The molecule has 2 heteroatoms. The van der Waals surface area contributed by atoms with Crippen molar-refractivity contribution in [3.63, 3.8) is 0 Å². The van der Waals surface area contributed by atoms with Crippen molar-refractivity contribution in [2.24, 2.45) is 0 Å². The van der Waals surface area contributed by atoms with E-state index in [1.54, 1.807) is 0 Å². The maximum absolute atomic E-state index is 4.58. The van der Waals surface area contributed by atoms with Crippen LogP contribution in [0.2, 0.25) is 0 Å². The molecule has 0 N–H and O–H groups in total. The minimum atomic E-state index is 0.592. The van der Waals surface area contributed by atoms with Crippen molar-refractivity contribution in [1.29, 1.82) is 0 Å². The zero-order chi connectivity index (χ0) is 10.8. The molecule has 0 spiro atoms. The van der Waals surface area contributed by atoms with Gasteiger partial charge in [-0.05, 0) is 31.2 Å². The smallest absolute Gasteiger partial charge is 0.0522 e. The molecule has 0 amide bonds. The maximum Gasteiger partial charge on any atom is 0.0522 e. The fourth-order valence-electron chi connectivity index (χ4n) is 2.79. The van der Waals surface area contributed by atoms with Crippen LogP contribution >= 0.6 is 0 Å². The van der Waals surface area contributed by atoms with Crippen LogP contribution in [0, 0.1) is 6.92 Å². The van der Waals surface area contributed by atoms with Crippen molar-refractivity contribution in [1.82, 2.24) is 9.78 Å². The van der Waals surface area contributed by atoms with Crippen molar-refractivity contribution >= 4 is 0 Å². The second-order valence-corrected chi connectivity index (χ2v) is 5.10. The van der Waals surface area contributed by atoms with Gasteiger partial charge in [0, 0.05) is 5.69 Å². The molecule has 0 unspecified atom stereocenters. The minimum absolute atomic E-state index is 0.592. The molecule has 15 heavy (non-hydrogen) atoms. The van der Waals surface area contributed by atoms with Gasteiger partial charge in [-0.2, -0.15) is 5.10 Å². The molecule has 2 rings (SSSR count). The van der Waals surface area contributed by atoms with Crippen molar-refractivity contribution in [3.05, 3.63) is 17.5 Å². The van der Waals surface area contributed by atoms with Crippen LogP contribution in [0.15, 0.2) is 6.20 Å². The minimum Gasteiger partial charge on any atom is -0.266 e. The summed E-state index contributed by atoms with van der Waals surface area (Å²) in [5, 5.41) is 4.58. The van der Waals surface area contributed by atoms with Crippen LogP contribution in [0.4, 0.5) is 0 Å². The van der Waals surface area contributed by atoms with Crippen LogP contribution in [0.25, 0.3) is 0 Å². The average Bonchev–Trinajstić information content (AvgIpc) is 2.61. The summed E-state index contributed by atoms with van der Waals surface area (Å²) in [6.45, 7) is 6.72. The molecule has 0 aromatic carbocycles. The molecule has 1 aromatic rings. The normalized spacial score (nSPS) is 18.7. The highest BCUT2D eigenvalue weighted by atomic mass is 15.3. The Morgan fingerprint density at radius 3 is 2.53 bits per heavy atom. The zero-order valence-corrected chi connectivity index (χ0v) is 10.2. The summed E-state index contributed by atoms with van der Waals surface area (Å²) in [7, 11) is 0. The summed E-state index contributed by atoms with van der Waals surface area (Å²) in [5.74, 6) is 0.592. The van der Waals surface area contributed by atoms with Gasteiger partial charge < -0.3 is 0 Å². The van der Waals surface area contributed by atoms with Crippen LogP contribution in [0.1, 0.15) is 69.2 Å². The van der Waals surface area contributed by atoms with Crippen LogP contribution in [0.3, 0.4) is 0 Å². The highest BCUT2D eigenvalue weighted by Gasteiger charge is 2.20. The average molecular weight is 206 g/mol. The lowest BCUT2D eigenvalue weighted by molar-refractivity contribution is 0.319. The Bertz CT molecular complexity index is 319. The molecule has 1 aliphatic carbocycles. The molecule has 1 saturated carbocycles. The number of hydrogen-bond acceptors (Lipinski definition) is 1. The van der Waals surface area contributed by atoms with Gasteiger partial charge in [-0.3, -0.25) is 4.68 Å². The van der Waals surface area contributed by atoms with Gasteiger partial charge in [0.2, 0.25) is 0 Å². The predicted octanol–water partition coefficient (Wildman–Crippen LogP) is 3.82. The first-order valence-electron chi connectivity index (χ1n) is 6.24. The SMILES string of the molecule is Cc1cnn(C2CCCCC2)c1C(C)C. The second kappa shape index (κ2) is 4.38. The maximum atomic E-state index is 4.58. The monoisotopic (exact) mass is 206 g/mol. The fraction of sp³-hybridized carbons (Fsp3) is 0.769. The van der Waals surface area contributed by atoms with E-state index in [0.29, 0.717) is 12.0 Å². The summed E-state index contributed by atoms with van der Waals surface area (Å²) < 4.78 is 2.30. The van der Waals surface area contributed by atoms with Crippen LogP contribution in [0.5, 0.6) is 0 Å². The lowest BCUT2D eigenvalue weighted by Gasteiger charge is -2.25. The Hall–Kier alpha value is -0.790. The summed E-state index contributed by atoms with van der Waals surface area (Å²) in [6.07, 6.45) is 8.83. The lowest BCUT2D eigenvalue weighted by Crippen LogP contribution is -2.17. The molecule has 0 radical (unpaired) electrons. The van der Waals surface area contributed by atoms with Crippen molar-refractivity contribution in [2.45, 2.75) is 64.8 Å². The van der Waals surface area contributed by atoms with E-state index >= 15 is 0 Å². The Morgan fingerprint density at radius 2 is 1.93 bits per heavy atom. The Kier molecular flexibility index (Phi) is 3.13. The predicted molar refractivity (Wildman–Crippen MR) is 63.2 cm³/mol. The second-order valence-electron chi connectivity index (χ2n) is 5.10. The molecule has 0 atom stereocenters. The largest absolute Gasteiger partial charge is 0.266 e. The Labute approximate surface area is 92.7 Å². The van der Waals surface area contributed by atoms with Gasteiger partial charge in [0.25, 0.3) is 0 Å². The van der Waals surface area contributed by atoms with E-state index in [4.69, 9.17) is 0 Å². The lowest BCUT2D eigenvalue weighted by atomic mass is 9.94. The highest BCUT2D eigenvalue weighted by Crippen LogP contribution is 2.31. The van der Waals surface area contributed by atoms with Crippen molar-refractivity contribution in [2.75, 3.05) is 0 Å². The Balaban J connectivity index is 2.26. The zero-order valence-electron chi connectivity index (χ0n) is 10.2. The first-order chi connectivity index (χ1) is 7.20. The molecule has 1 fully saturated rings. The molecule has 0 aliphatic heterocycles. The van der Waals surface area contributed by atoms with E-state index in [0.717, 1.165) is 0 Å². The molecule has 1 aliphatic rings. The van der Waals surface area contributed by atoms with E-state index in [2.05, 4.69) is 30.6 Å². The number of rotatable bonds is 2. The van der Waals surface area contributed by atoms with Crippen molar-refractivity contribution < 1.29 is 0 Å². The first-order valence-corrected chi connectivity index (χ1v) is 6.24. The molecule has 2 nitrogen and oxygen atoms in total. The molecule has 1 aromatic heterocycles. The third-order valence-electron chi connectivity index (χ3n) is 3.49. The molecule has 84 valence electrons. The van der Waals surface area contributed by atoms with Gasteiger partial charge in [-0.25, -0.2) is 0 Å². The topological polar surface area (TPSA) is 17.8 Å². The summed E-state index contributed by atoms with van der Waals surface area (Å²) >= 11 is 0. The van der Waals surface area contributed by atoms with Gasteiger partial charge >= 0.3 is 0 Å². The van der Waals surface area contributed by atoms with Crippen molar-refractivity contribution in [3.8, 4) is 0 Å². The number of nitrogens with zero attached hydrogens (tertiary/aromatic N) is 2. The Morgan fingerprint density at radius 1 is 1.27 bits per heavy atom. The van der Waals surface area contributed by atoms with Gasteiger partial charge in [0.1, 0.15) is 0 Å². The number of aryl methyl sites for hydroxylation is 1. The molecule has 0 saturated heterocycles. The molecule has 1 heterocycles. The van der Waals surface area contributed by atoms with E-state index in [1.807, 2.05) is 6.20 Å². The molecular weight excluding hydrogens is 184 g/mol. The van der Waals surface area contributed by atoms with Crippen LogP contribution < -0.4 is 0 Å². The fourth-order valence-corrected chi connectivity index (χ4v) is 2.79. The van der Waals surface area contributed by atoms with E-state index < -0.39 is 0 Å². The van der Waals surface area contributed by atoms with E-state index in [1.165, 1.54) is 43.4 Å². The van der Waals surface area contributed by atoms with E-state index in [9.17, 15) is 0 Å². The molecular formula is C13H22N2. The third-order valence-corrected chi connectivity index (χ3v) is 3.49. The van der Waals surface area contributed by atoms with E-state index in [-0.39, 0.29) is 0 Å². The first kappa shape index (κ1) is 10.7. The van der Waals surface area contributed by atoms with Gasteiger partial charge in [-0.1, -0.05) is 33.1 Å².